The van der Waals surface area contributed by atoms with E-state index in [0.29, 0.717) is 0 Å². The van der Waals surface area contributed by atoms with Crippen LogP contribution < -0.4 is 23.4 Å². The zero-order valence-corrected chi connectivity index (χ0v) is 12.7. The molecular weight excluding hydrogens is 400 g/mol. The molecule has 0 aromatic heterocycles. The summed E-state index contributed by atoms with van der Waals surface area (Å²) >= 11 is 0. The number of rotatable bonds is 2. The number of hydrazine groups is 2. The van der Waals surface area contributed by atoms with Crippen molar-refractivity contribution in [2.45, 2.75) is 12.4 Å². The van der Waals surface area contributed by atoms with Gasteiger partial charge in [0.25, 0.3) is 0 Å². The normalized spacial score (nSPS) is 28.8. The summed E-state index contributed by atoms with van der Waals surface area (Å²) in [4.78, 5) is 27.3. The first-order chi connectivity index (χ1) is 10.7. The van der Waals surface area contributed by atoms with Crippen LogP contribution in [0.2, 0.25) is 0 Å². The third-order valence-electron chi connectivity index (χ3n) is 2.24. The van der Waals surface area contributed by atoms with Crippen molar-refractivity contribution >= 4 is 27.1 Å². The zero-order valence-electron chi connectivity index (χ0n) is 10.9. The number of hydrogen-bond donors (Lipinski definition) is 4. The van der Waals surface area contributed by atoms with E-state index in [1.165, 1.54) is 0 Å². The molecule has 1 heterocycles. The maximum Gasteiger partial charge on any atom is 0.491 e. The van der Waals surface area contributed by atoms with E-state index in [0.717, 1.165) is 0 Å². The fourth-order valence-corrected chi connectivity index (χ4v) is 7.03. The molecule has 0 radical (unpaired) electrons. The Balaban J connectivity index is 3.23. The van der Waals surface area contributed by atoms with Gasteiger partial charge in [-0.3, -0.25) is 11.7 Å². The monoisotopic (exact) mass is 408 g/mol. The molecule has 1 rings (SSSR count). The highest BCUT2D eigenvalue weighted by molar-refractivity contribution is 7.86. The average Bonchev–Trinajstić information content (AvgIpc) is 2.46. The van der Waals surface area contributed by atoms with Gasteiger partial charge >= 0.3 is 39.5 Å². The Kier molecular flexibility index (Phi) is 5.40. The standard InChI is InChI=1S/C4H8F6N8O4P2/c5-3(6,7)1(19)21-23(15-11)17(13)24(16-12,18(23)14)22-2(20)4(8,9)10/h11-14H2. The molecule has 1 saturated heterocycles. The first kappa shape index (κ1) is 20.8. The number of alkyl halides is 6. The third kappa shape index (κ3) is 3.14. The van der Waals surface area contributed by atoms with Crippen LogP contribution in [-0.2, 0) is 18.6 Å². The van der Waals surface area contributed by atoms with Gasteiger partial charge in [-0.1, -0.05) is 9.10 Å². The Labute approximate surface area is 128 Å². The second-order valence-electron chi connectivity index (χ2n) is 3.65. The molecule has 0 saturated carbocycles. The molecule has 1 aliphatic rings. The maximum atomic E-state index is 12.2. The highest BCUT2D eigenvalue weighted by Crippen LogP contribution is 2.85. The molecule has 20 heteroatoms. The molecule has 8 N–H and O–H groups in total. The number of nitrogens with zero attached hydrogens (tertiary/aromatic N) is 4. The Morgan fingerprint density at radius 3 is 1.21 bits per heavy atom. The van der Waals surface area contributed by atoms with E-state index in [-0.39, 0.29) is 9.10 Å². The number of hydrogen-bond acceptors (Lipinski definition) is 8. The molecule has 0 atom stereocenters. The number of carbonyl (C=O) groups excluding carboxylic acids is 2. The van der Waals surface area contributed by atoms with Gasteiger partial charge in [-0.15, -0.1) is 0 Å². The second-order valence-corrected chi connectivity index (χ2v) is 8.89. The van der Waals surface area contributed by atoms with Gasteiger partial charge in [0.2, 0.25) is 0 Å². The molecule has 0 spiro atoms. The Morgan fingerprint density at radius 2 is 1.04 bits per heavy atom. The molecule has 0 bridgehead atoms. The van der Waals surface area contributed by atoms with Gasteiger partial charge in [0.15, 0.2) is 0 Å². The van der Waals surface area contributed by atoms with Crippen molar-refractivity contribution in [3.63, 3.8) is 0 Å². The zero-order chi connectivity index (χ0) is 19.1. The summed E-state index contributed by atoms with van der Waals surface area (Å²) in [6.07, 6.45) is -11.1. The van der Waals surface area contributed by atoms with Crippen molar-refractivity contribution in [3.05, 3.63) is 0 Å². The lowest BCUT2D eigenvalue weighted by atomic mass is 10.7. The lowest BCUT2D eigenvalue weighted by molar-refractivity contribution is -0.191. The van der Waals surface area contributed by atoms with Crippen LogP contribution in [0.25, 0.3) is 0 Å². The van der Waals surface area contributed by atoms with Crippen LogP contribution in [0.5, 0.6) is 0 Å². The lowest BCUT2D eigenvalue weighted by Crippen LogP contribution is -2.54. The van der Waals surface area contributed by atoms with Crippen molar-refractivity contribution < 1.29 is 45.0 Å². The molecule has 0 unspecified atom stereocenters. The van der Waals surface area contributed by atoms with Gasteiger partial charge in [-0.05, 0) is 0 Å². The topological polar surface area (TPSA) is 188 Å². The summed E-state index contributed by atoms with van der Waals surface area (Å²) in [5.41, 5.74) is 0. The molecule has 24 heavy (non-hydrogen) atoms. The second kappa shape index (κ2) is 6.23. The fourth-order valence-electron chi connectivity index (χ4n) is 1.21. The van der Waals surface area contributed by atoms with Crippen molar-refractivity contribution in [2.24, 2.45) is 33.1 Å². The smallest absolute Gasteiger partial charge is 0.394 e. The largest absolute Gasteiger partial charge is 0.491 e. The van der Waals surface area contributed by atoms with Gasteiger partial charge < -0.3 is 9.05 Å². The Morgan fingerprint density at radius 1 is 0.792 bits per heavy atom. The predicted molar refractivity (Wildman–Crippen MR) is 63.4 cm³/mol. The van der Waals surface area contributed by atoms with E-state index in [1.807, 2.05) is 0 Å². The quantitative estimate of drug-likeness (QED) is 0.213. The van der Waals surface area contributed by atoms with Gasteiger partial charge in [-0.25, -0.2) is 21.3 Å². The van der Waals surface area contributed by atoms with Crippen LogP contribution in [0.1, 0.15) is 0 Å². The summed E-state index contributed by atoms with van der Waals surface area (Å²) in [5, 5.41) is 0. The molecular formula is C4H8F6N8O4P2. The molecule has 12 nitrogen and oxygen atoms in total. The van der Waals surface area contributed by atoms with Crippen LogP contribution >= 0.6 is 15.2 Å². The summed E-state index contributed by atoms with van der Waals surface area (Å²) < 4.78 is 81.0. The van der Waals surface area contributed by atoms with Crippen LogP contribution in [0.4, 0.5) is 26.3 Å². The molecule has 1 fully saturated rings. The van der Waals surface area contributed by atoms with Crippen molar-refractivity contribution in [1.82, 2.24) is 9.10 Å². The van der Waals surface area contributed by atoms with E-state index in [2.05, 4.69) is 18.8 Å². The van der Waals surface area contributed by atoms with E-state index >= 15 is 0 Å². The number of halogens is 6. The molecule has 0 aromatic carbocycles. The van der Waals surface area contributed by atoms with Crippen LogP contribution in [0.3, 0.4) is 0 Å². The number of nitrogens with two attached hydrogens (primary N) is 4. The summed E-state index contributed by atoms with van der Waals surface area (Å²) in [5.74, 6) is 14.3. The van der Waals surface area contributed by atoms with E-state index in [4.69, 9.17) is 23.4 Å². The van der Waals surface area contributed by atoms with Gasteiger partial charge in [0.05, 0.1) is 0 Å². The van der Waals surface area contributed by atoms with Crippen molar-refractivity contribution in [2.75, 3.05) is 0 Å². The molecule has 0 aliphatic carbocycles. The summed E-state index contributed by atoms with van der Waals surface area (Å²) in [7, 11) is -9.09. The minimum absolute atomic E-state index is 0.132. The van der Waals surface area contributed by atoms with Gasteiger partial charge in [0, 0.05) is 0 Å². The maximum absolute atomic E-state index is 12.2. The van der Waals surface area contributed by atoms with Crippen LogP contribution in [-0.4, -0.2) is 33.4 Å². The predicted octanol–water partition coefficient (Wildman–Crippen LogP) is 0.202. The molecule has 0 aromatic rings. The minimum atomic E-state index is -5.53. The lowest BCUT2D eigenvalue weighted by Gasteiger charge is -2.52. The van der Waals surface area contributed by atoms with Gasteiger partial charge in [-0.2, -0.15) is 36.1 Å². The SMILES string of the molecule is NN=P1(OC(=O)C(F)(F)F)N(N)P(=NN)(OC(=O)C(F)(F)F)N1N. The Bertz CT molecular complexity index is 588. The van der Waals surface area contributed by atoms with E-state index < -0.39 is 39.5 Å². The van der Waals surface area contributed by atoms with Crippen molar-refractivity contribution in [1.29, 1.82) is 0 Å². The number of carbonyl (C=O) groups is 2. The first-order valence-electron chi connectivity index (χ1n) is 5.05. The van der Waals surface area contributed by atoms with Crippen LogP contribution in [0, 0.1) is 0 Å². The Hall–Kier alpha value is -1.26. The van der Waals surface area contributed by atoms with E-state index in [1.54, 1.807) is 0 Å². The third-order valence-corrected chi connectivity index (χ3v) is 8.60. The summed E-state index contributed by atoms with van der Waals surface area (Å²) in [6, 6.07) is 0. The minimum Gasteiger partial charge on any atom is -0.394 e. The molecule has 140 valence electrons. The first-order valence-corrected chi connectivity index (χ1v) is 8.18. The molecule has 1 aliphatic heterocycles. The molecule has 0 amide bonds. The van der Waals surface area contributed by atoms with Gasteiger partial charge in [0.1, 0.15) is 0 Å². The highest BCUT2D eigenvalue weighted by atomic mass is 31.3. The fraction of sp³-hybridized carbons (Fsp3) is 0.500. The van der Waals surface area contributed by atoms with Crippen LogP contribution in [0.15, 0.2) is 9.71 Å². The average molecular weight is 408 g/mol. The van der Waals surface area contributed by atoms with E-state index in [9.17, 15) is 35.9 Å². The highest BCUT2D eigenvalue weighted by Gasteiger charge is 2.68. The van der Waals surface area contributed by atoms with Crippen molar-refractivity contribution in [3.8, 4) is 0 Å². The summed E-state index contributed by atoms with van der Waals surface area (Å²) in [6.45, 7) is 0.